The Kier molecular flexibility index (Phi) is 6.19. The highest BCUT2D eigenvalue weighted by molar-refractivity contribution is 7.17. The van der Waals surface area contributed by atoms with E-state index in [1.165, 1.54) is 11.3 Å². The highest BCUT2D eigenvalue weighted by atomic mass is 35.5. The zero-order valence-corrected chi connectivity index (χ0v) is 14.5. The van der Waals surface area contributed by atoms with Crippen LogP contribution in [0.5, 0.6) is 0 Å². The van der Waals surface area contributed by atoms with E-state index in [-0.39, 0.29) is 5.91 Å². The molecule has 4 nitrogen and oxygen atoms in total. The van der Waals surface area contributed by atoms with Gasteiger partial charge in [-0.05, 0) is 43.2 Å². The van der Waals surface area contributed by atoms with Gasteiger partial charge in [0.2, 0.25) is 0 Å². The largest absolute Gasteiger partial charge is 0.448 e. The van der Waals surface area contributed by atoms with Crippen LogP contribution < -0.4 is 5.32 Å². The average Bonchev–Trinajstić information content (AvgIpc) is 3.03. The van der Waals surface area contributed by atoms with Gasteiger partial charge in [0.25, 0.3) is 5.91 Å². The first kappa shape index (κ1) is 17.5. The summed E-state index contributed by atoms with van der Waals surface area (Å²) in [5.74, 6) is -0.774. The zero-order chi connectivity index (χ0) is 16.8. The molecule has 6 heteroatoms. The molecule has 0 saturated heterocycles. The summed E-state index contributed by atoms with van der Waals surface area (Å²) < 4.78 is 5.20. The van der Waals surface area contributed by atoms with Crippen LogP contribution in [0.1, 0.15) is 29.9 Å². The van der Waals surface area contributed by atoms with Gasteiger partial charge in [-0.2, -0.15) is 0 Å². The van der Waals surface area contributed by atoms with Crippen molar-refractivity contribution < 1.29 is 14.3 Å². The Bertz CT molecular complexity index is 681. The standard InChI is InChI=1S/C17H18ClNO3S/c1-3-10-19-16(20)11(2)22-17(21)15-9-8-14(23-15)12-4-6-13(18)7-5-12/h4-9,11H,3,10H2,1-2H3,(H,19,20). The molecule has 0 aliphatic carbocycles. The normalized spacial score (nSPS) is 11.8. The van der Waals surface area contributed by atoms with Crippen molar-refractivity contribution in [3.8, 4) is 10.4 Å². The Morgan fingerprint density at radius 2 is 1.91 bits per heavy atom. The first-order chi connectivity index (χ1) is 11.0. The third kappa shape index (κ3) is 4.81. The fourth-order valence-corrected chi connectivity index (χ4v) is 2.90. The van der Waals surface area contributed by atoms with Crippen LogP contribution in [0.4, 0.5) is 0 Å². The van der Waals surface area contributed by atoms with Crippen molar-refractivity contribution in [1.82, 2.24) is 5.32 Å². The van der Waals surface area contributed by atoms with Gasteiger partial charge in [-0.25, -0.2) is 4.79 Å². The lowest BCUT2D eigenvalue weighted by Gasteiger charge is -2.12. The Balaban J connectivity index is 2.01. The molecule has 0 aliphatic heterocycles. The van der Waals surface area contributed by atoms with Gasteiger partial charge in [0.05, 0.1) is 0 Å². The molecule has 1 aromatic heterocycles. The molecule has 0 saturated carbocycles. The molecule has 1 atom stereocenters. The first-order valence-electron chi connectivity index (χ1n) is 7.35. The minimum absolute atomic E-state index is 0.283. The van der Waals surface area contributed by atoms with Gasteiger partial charge in [-0.1, -0.05) is 30.7 Å². The Hall–Kier alpha value is -1.85. The molecule has 1 aromatic carbocycles. The van der Waals surface area contributed by atoms with Crippen LogP contribution in [0.2, 0.25) is 5.02 Å². The predicted molar refractivity (Wildman–Crippen MR) is 92.9 cm³/mol. The van der Waals surface area contributed by atoms with E-state index in [9.17, 15) is 9.59 Å². The number of benzene rings is 1. The van der Waals surface area contributed by atoms with E-state index in [0.717, 1.165) is 16.9 Å². The van der Waals surface area contributed by atoms with E-state index in [1.807, 2.05) is 25.1 Å². The summed E-state index contributed by atoms with van der Waals surface area (Å²) in [7, 11) is 0. The molecular formula is C17H18ClNO3S. The van der Waals surface area contributed by atoms with Crippen LogP contribution in [0, 0.1) is 0 Å². The molecule has 1 amide bonds. The van der Waals surface area contributed by atoms with Gasteiger partial charge in [0.15, 0.2) is 6.10 Å². The summed E-state index contributed by atoms with van der Waals surface area (Å²) in [6.07, 6.45) is 0.0250. The van der Waals surface area contributed by atoms with Gasteiger partial charge in [-0.15, -0.1) is 11.3 Å². The summed E-state index contributed by atoms with van der Waals surface area (Å²) in [5, 5.41) is 3.36. The molecule has 2 rings (SSSR count). The second-order valence-electron chi connectivity index (χ2n) is 5.01. The van der Waals surface area contributed by atoms with E-state index in [1.54, 1.807) is 25.1 Å². The van der Waals surface area contributed by atoms with Crippen LogP contribution in [-0.4, -0.2) is 24.5 Å². The lowest BCUT2D eigenvalue weighted by Crippen LogP contribution is -2.36. The summed E-state index contributed by atoms with van der Waals surface area (Å²) in [6.45, 7) is 4.10. The van der Waals surface area contributed by atoms with Crippen molar-refractivity contribution in [2.45, 2.75) is 26.4 Å². The fraction of sp³-hybridized carbons (Fsp3) is 0.294. The molecule has 0 bridgehead atoms. The second kappa shape index (κ2) is 8.13. The molecule has 1 heterocycles. The molecule has 1 unspecified atom stereocenters. The van der Waals surface area contributed by atoms with Crippen molar-refractivity contribution in [2.75, 3.05) is 6.54 Å². The van der Waals surface area contributed by atoms with Crippen molar-refractivity contribution in [3.05, 3.63) is 46.3 Å². The van der Waals surface area contributed by atoms with Crippen molar-refractivity contribution in [3.63, 3.8) is 0 Å². The number of esters is 1. The second-order valence-corrected chi connectivity index (χ2v) is 6.53. The molecular weight excluding hydrogens is 334 g/mol. The summed E-state index contributed by atoms with van der Waals surface area (Å²) >= 11 is 7.19. The minimum atomic E-state index is -0.810. The first-order valence-corrected chi connectivity index (χ1v) is 8.55. The average molecular weight is 352 g/mol. The third-order valence-electron chi connectivity index (χ3n) is 3.14. The topological polar surface area (TPSA) is 55.4 Å². The molecule has 0 spiro atoms. The molecule has 0 aliphatic rings. The monoisotopic (exact) mass is 351 g/mol. The van der Waals surface area contributed by atoms with Gasteiger partial charge in [0.1, 0.15) is 4.88 Å². The number of carbonyl (C=O) groups is 2. The van der Waals surface area contributed by atoms with Gasteiger partial charge >= 0.3 is 5.97 Å². The molecule has 122 valence electrons. The Morgan fingerprint density at radius 1 is 1.22 bits per heavy atom. The predicted octanol–water partition coefficient (Wildman–Crippen LogP) is 4.14. The Labute approximate surface area is 144 Å². The summed E-state index contributed by atoms with van der Waals surface area (Å²) in [4.78, 5) is 25.3. The third-order valence-corrected chi connectivity index (χ3v) is 4.50. The van der Waals surface area contributed by atoms with E-state index >= 15 is 0 Å². The van der Waals surface area contributed by atoms with Crippen molar-refractivity contribution in [2.24, 2.45) is 0 Å². The maximum atomic E-state index is 12.1. The van der Waals surface area contributed by atoms with Crippen LogP contribution in [-0.2, 0) is 9.53 Å². The fourth-order valence-electron chi connectivity index (χ4n) is 1.88. The molecule has 2 aromatic rings. The van der Waals surface area contributed by atoms with E-state index in [2.05, 4.69) is 5.32 Å². The summed E-state index contributed by atoms with van der Waals surface area (Å²) in [5.41, 5.74) is 0.979. The van der Waals surface area contributed by atoms with Gasteiger partial charge in [0, 0.05) is 16.4 Å². The number of hydrogen-bond donors (Lipinski definition) is 1. The van der Waals surface area contributed by atoms with Crippen molar-refractivity contribution >= 4 is 34.8 Å². The number of carbonyl (C=O) groups excluding carboxylic acids is 2. The number of amides is 1. The number of ether oxygens (including phenoxy) is 1. The minimum Gasteiger partial charge on any atom is -0.448 e. The lowest BCUT2D eigenvalue weighted by atomic mass is 10.2. The van der Waals surface area contributed by atoms with E-state index in [4.69, 9.17) is 16.3 Å². The number of nitrogens with one attached hydrogen (secondary N) is 1. The maximum absolute atomic E-state index is 12.1. The smallest absolute Gasteiger partial charge is 0.349 e. The number of rotatable bonds is 6. The van der Waals surface area contributed by atoms with Gasteiger partial charge in [-0.3, -0.25) is 4.79 Å². The molecule has 0 radical (unpaired) electrons. The quantitative estimate of drug-likeness (QED) is 0.796. The highest BCUT2D eigenvalue weighted by Gasteiger charge is 2.19. The van der Waals surface area contributed by atoms with Crippen LogP contribution >= 0.6 is 22.9 Å². The van der Waals surface area contributed by atoms with Crippen LogP contribution in [0.3, 0.4) is 0 Å². The van der Waals surface area contributed by atoms with Crippen molar-refractivity contribution in [1.29, 1.82) is 0 Å². The van der Waals surface area contributed by atoms with Gasteiger partial charge < -0.3 is 10.1 Å². The SMILES string of the molecule is CCCNC(=O)C(C)OC(=O)c1ccc(-c2ccc(Cl)cc2)s1. The number of thiophene rings is 1. The molecule has 0 fully saturated rings. The summed E-state index contributed by atoms with van der Waals surface area (Å²) in [6, 6.07) is 10.9. The Morgan fingerprint density at radius 3 is 2.57 bits per heavy atom. The molecule has 23 heavy (non-hydrogen) atoms. The number of halogens is 1. The van der Waals surface area contributed by atoms with E-state index in [0.29, 0.717) is 16.4 Å². The highest BCUT2D eigenvalue weighted by Crippen LogP contribution is 2.29. The number of hydrogen-bond acceptors (Lipinski definition) is 4. The lowest BCUT2D eigenvalue weighted by molar-refractivity contribution is -0.129. The maximum Gasteiger partial charge on any atom is 0.349 e. The van der Waals surface area contributed by atoms with Crippen LogP contribution in [0.25, 0.3) is 10.4 Å². The van der Waals surface area contributed by atoms with E-state index < -0.39 is 12.1 Å². The molecule has 1 N–H and O–H groups in total. The van der Waals surface area contributed by atoms with Crippen LogP contribution in [0.15, 0.2) is 36.4 Å². The zero-order valence-electron chi connectivity index (χ0n) is 13.0.